The molecule has 0 radical (unpaired) electrons. The van der Waals surface area contributed by atoms with Gasteiger partial charge in [0.25, 0.3) is 0 Å². The zero-order chi connectivity index (χ0) is 18.7. The van der Waals surface area contributed by atoms with E-state index in [4.69, 9.17) is 4.74 Å². The SMILES string of the molecule is COc1cc(NCC(C)(O)CN2CCC(C)CC2C)c2ncccc2c1. The van der Waals surface area contributed by atoms with Gasteiger partial charge in [0.1, 0.15) is 5.75 Å². The highest BCUT2D eigenvalue weighted by molar-refractivity contribution is 5.91. The molecule has 1 saturated heterocycles. The molecular weight excluding hydrogens is 326 g/mol. The molecule has 0 saturated carbocycles. The van der Waals surface area contributed by atoms with Crippen LogP contribution in [0.2, 0.25) is 0 Å². The Bertz CT molecular complexity index is 747. The predicted molar refractivity (Wildman–Crippen MR) is 107 cm³/mol. The van der Waals surface area contributed by atoms with Crippen molar-refractivity contribution in [1.82, 2.24) is 9.88 Å². The maximum atomic E-state index is 11.0. The van der Waals surface area contributed by atoms with Crippen LogP contribution < -0.4 is 10.1 Å². The van der Waals surface area contributed by atoms with Gasteiger partial charge in [-0.25, -0.2) is 0 Å². The molecular formula is C21H31N3O2. The maximum Gasteiger partial charge on any atom is 0.121 e. The molecule has 1 aliphatic rings. The van der Waals surface area contributed by atoms with Gasteiger partial charge in [0.05, 0.1) is 23.9 Å². The lowest BCUT2D eigenvalue weighted by Crippen LogP contribution is -2.51. The Hall–Kier alpha value is -1.85. The number of benzene rings is 1. The summed E-state index contributed by atoms with van der Waals surface area (Å²) in [4.78, 5) is 6.89. The number of aromatic nitrogens is 1. The Morgan fingerprint density at radius 1 is 1.38 bits per heavy atom. The van der Waals surface area contributed by atoms with E-state index in [1.54, 1.807) is 13.3 Å². The van der Waals surface area contributed by atoms with Crippen molar-refractivity contribution in [3.8, 4) is 5.75 Å². The molecule has 26 heavy (non-hydrogen) atoms. The smallest absolute Gasteiger partial charge is 0.121 e. The highest BCUT2D eigenvalue weighted by Crippen LogP contribution is 2.29. The van der Waals surface area contributed by atoms with Crippen molar-refractivity contribution in [2.24, 2.45) is 5.92 Å². The minimum absolute atomic E-state index is 0.463. The highest BCUT2D eigenvalue weighted by Gasteiger charge is 2.30. The minimum Gasteiger partial charge on any atom is -0.497 e. The first-order valence-electron chi connectivity index (χ1n) is 9.51. The van der Waals surface area contributed by atoms with Crippen LogP contribution in [0.1, 0.15) is 33.6 Å². The summed E-state index contributed by atoms with van der Waals surface area (Å²) in [5.74, 6) is 1.56. The number of nitrogens with one attached hydrogen (secondary N) is 1. The molecule has 142 valence electrons. The van der Waals surface area contributed by atoms with Gasteiger partial charge in [-0.2, -0.15) is 0 Å². The number of rotatable bonds is 6. The number of aliphatic hydroxyl groups is 1. The number of methoxy groups -OCH3 is 1. The van der Waals surface area contributed by atoms with Gasteiger partial charge in [-0.3, -0.25) is 9.88 Å². The molecule has 0 amide bonds. The quantitative estimate of drug-likeness (QED) is 0.828. The zero-order valence-electron chi connectivity index (χ0n) is 16.3. The fourth-order valence-corrected chi connectivity index (χ4v) is 3.89. The molecule has 3 unspecified atom stereocenters. The summed E-state index contributed by atoms with van der Waals surface area (Å²) in [6.45, 7) is 8.67. The predicted octanol–water partition coefficient (Wildman–Crippen LogP) is 3.53. The third kappa shape index (κ3) is 4.46. The summed E-state index contributed by atoms with van der Waals surface area (Å²) >= 11 is 0. The summed E-state index contributed by atoms with van der Waals surface area (Å²) in [6.07, 6.45) is 4.20. The van der Waals surface area contributed by atoms with Gasteiger partial charge in [0, 0.05) is 36.8 Å². The third-order valence-corrected chi connectivity index (χ3v) is 5.39. The molecule has 1 aromatic carbocycles. The second-order valence-electron chi connectivity index (χ2n) is 8.05. The lowest BCUT2D eigenvalue weighted by Gasteiger charge is -2.40. The fraction of sp³-hybridized carbons (Fsp3) is 0.571. The molecule has 2 N–H and O–H groups in total. The highest BCUT2D eigenvalue weighted by atomic mass is 16.5. The molecule has 3 rings (SSSR count). The maximum absolute atomic E-state index is 11.0. The third-order valence-electron chi connectivity index (χ3n) is 5.39. The van der Waals surface area contributed by atoms with Crippen LogP contribution in [0.5, 0.6) is 5.75 Å². The van der Waals surface area contributed by atoms with Crippen LogP contribution in [0.25, 0.3) is 10.9 Å². The number of β-amino-alcohol motifs (C(OH)–C–C–N with tert-alkyl or cyclic N) is 1. The van der Waals surface area contributed by atoms with Crippen molar-refractivity contribution >= 4 is 16.6 Å². The number of piperidine rings is 1. The monoisotopic (exact) mass is 357 g/mol. The van der Waals surface area contributed by atoms with Crippen molar-refractivity contribution in [2.75, 3.05) is 32.1 Å². The van der Waals surface area contributed by atoms with Crippen LogP contribution in [-0.2, 0) is 0 Å². The van der Waals surface area contributed by atoms with Crippen molar-refractivity contribution in [3.63, 3.8) is 0 Å². The summed E-state index contributed by atoms with van der Waals surface area (Å²) in [6, 6.07) is 8.37. The molecule has 2 heterocycles. The Morgan fingerprint density at radius 3 is 2.92 bits per heavy atom. The van der Waals surface area contributed by atoms with Gasteiger partial charge in [0.2, 0.25) is 0 Å². The number of hydrogen-bond acceptors (Lipinski definition) is 5. The molecule has 2 aromatic rings. The van der Waals surface area contributed by atoms with E-state index in [9.17, 15) is 5.11 Å². The van der Waals surface area contributed by atoms with E-state index in [0.29, 0.717) is 19.1 Å². The van der Waals surface area contributed by atoms with Crippen LogP contribution in [0.3, 0.4) is 0 Å². The van der Waals surface area contributed by atoms with Gasteiger partial charge in [-0.05, 0) is 51.3 Å². The average Bonchev–Trinajstić information content (AvgIpc) is 2.62. The molecule has 3 atom stereocenters. The molecule has 0 aliphatic carbocycles. The first kappa shape index (κ1) is 18.9. The Morgan fingerprint density at radius 2 is 2.19 bits per heavy atom. The minimum atomic E-state index is -0.820. The van der Waals surface area contributed by atoms with E-state index in [2.05, 4.69) is 29.0 Å². The second kappa shape index (κ2) is 7.80. The first-order chi connectivity index (χ1) is 12.4. The molecule has 5 nitrogen and oxygen atoms in total. The van der Waals surface area contributed by atoms with Gasteiger partial charge in [0.15, 0.2) is 0 Å². The Kier molecular flexibility index (Phi) is 5.68. The lowest BCUT2D eigenvalue weighted by molar-refractivity contribution is 0.00269. The van der Waals surface area contributed by atoms with Crippen LogP contribution in [0.15, 0.2) is 30.5 Å². The zero-order valence-corrected chi connectivity index (χ0v) is 16.3. The van der Waals surface area contributed by atoms with E-state index < -0.39 is 5.60 Å². The Labute approximate surface area is 156 Å². The molecule has 1 fully saturated rings. The van der Waals surface area contributed by atoms with Crippen LogP contribution in [-0.4, -0.2) is 53.4 Å². The van der Waals surface area contributed by atoms with Gasteiger partial charge >= 0.3 is 0 Å². The largest absolute Gasteiger partial charge is 0.497 e. The number of hydrogen-bond donors (Lipinski definition) is 2. The standard InChI is InChI=1S/C21H31N3O2/c1-15-7-9-24(16(2)10-15)14-21(3,25)13-23-19-12-18(26-4)11-17-6-5-8-22-20(17)19/h5-6,8,11-12,15-16,23,25H,7,9-10,13-14H2,1-4H3. The summed E-state index contributed by atoms with van der Waals surface area (Å²) in [5, 5.41) is 15.4. The molecule has 0 bridgehead atoms. The number of pyridine rings is 1. The van der Waals surface area contributed by atoms with E-state index in [0.717, 1.165) is 34.8 Å². The number of nitrogens with zero attached hydrogens (tertiary/aromatic N) is 2. The van der Waals surface area contributed by atoms with E-state index in [-0.39, 0.29) is 0 Å². The topological polar surface area (TPSA) is 57.6 Å². The first-order valence-corrected chi connectivity index (χ1v) is 9.51. The van der Waals surface area contributed by atoms with E-state index >= 15 is 0 Å². The van der Waals surface area contributed by atoms with Crippen LogP contribution >= 0.6 is 0 Å². The Balaban J connectivity index is 1.70. The molecule has 0 spiro atoms. The van der Waals surface area contributed by atoms with E-state index in [1.807, 2.05) is 31.2 Å². The molecule has 1 aromatic heterocycles. The summed E-state index contributed by atoms with van der Waals surface area (Å²) < 4.78 is 5.40. The van der Waals surface area contributed by atoms with Crippen molar-refractivity contribution in [3.05, 3.63) is 30.5 Å². The number of likely N-dealkylation sites (tertiary alicyclic amines) is 1. The van der Waals surface area contributed by atoms with Crippen LogP contribution in [0.4, 0.5) is 5.69 Å². The van der Waals surface area contributed by atoms with E-state index in [1.165, 1.54) is 12.8 Å². The number of fused-ring (bicyclic) bond motifs is 1. The summed E-state index contributed by atoms with van der Waals surface area (Å²) in [7, 11) is 1.66. The number of anilines is 1. The van der Waals surface area contributed by atoms with Crippen molar-refractivity contribution in [2.45, 2.75) is 45.3 Å². The van der Waals surface area contributed by atoms with Gasteiger partial charge in [-0.15, -0.1) is 0 Å². The van der Waals surface area contributed by atoms with Crippen molar-refractivity contribution < 1.29 is 9.84 Å². The van der Waals surface area contributed by atoms with Gasteiger partial charge < -0.3 is 15.2 Å². The normalized spacial score (nSPS) is 23.6. The molecule has 1 aliphatic heterocycles. The average molecular weight is 357 g/mol. The lowest BCUT2D eigenvalue weighted by atomic mass is 9.92. The number of ether oxygens (including phenoxy) is 1. The van der Waals surface area contributed by atoms with Gasteiger partial charge in [-0.1, -0.05) is 13.0 Å². The van der Waals surface area contributed by atoms with Crippen molar-refractivity contribution in [1.29, 1.82) is 0 Å². The summed E-state index contributed by atoms with van der Waals surface area (Å²) in [5.41, 5.74) is 0.962. The second-order valence-corrected chi connectivity index (χ2v) is 8.05. The molecule has 5 heteroatoms. The fourth-order valence-electron chi connectivity index (χ4n) is 3.89. The van der Waals surface area contributed by atoms with Crippen LogP contribution in [0, 0.1) is 5.92 Å².